The van der Waals surface area contributed by atoms with Crippen molar-refractivity contribution in [3.63, 3.8) is 0 Å². The van der Waals surface area contributed by atoms with E-state index in [2.05, 4.69) is 20.2 Å². The summed E-state index contributed by atoms with van der Waals surface area (Å²) in [6.07, 6.45) is 0.0375. The van der Waals surface area contributed by atoms with Gasteiger partial charge in [0.05, 0.1) is 5.69 Å². The number of hydrogen-bond acceptors (Lipinski definition) is 4. The van der Waals surface area contributed by atoms with Crippen molar-refractivity contribution in [1.29, 1.82) is 0 Å². The predicted molar refractivity (Wildman–Crippen MR) is 69.6 cm³/mol. The molecule has 8 heteroatoms. The molecule has 0 aliphatic heterocycles. The Hall–Kier alpha value is -1.76. The molecular formula is C13H10ClF3N4. The van der Waals surface area contributed by atoms with Gasteiger partial charge < -0.3 is 0 Å². The fourth-order valence-corrected chi connectivity index (χ4v) is 2.61. The average Bonchev–Trinajstić information content (AvgIpc) is 3.17. The SMILES string of the molecule is FC(F)(F)C[C@H]1C[C@@H]1c1cc(-c2cncnc2)nnc1Cl. The molecule has 2 heterocycles. The van der Waals surface area contributed by atoms with E-state index in [1.165, 1.54) is 6.33 Å². The third-order valence-electron chi connectivity index (χ3n) is 3.45. The second kappa shape index (κ2) is 5.22. The van der Waals surface area contributed by atoms with Crippen LogP contribution < -0.4 is 0 Å². The summed E-state index contributed by atoms with van der Waals surface area (Å²) in [5, 5.41) is 7.92. The van der Waals surface area contributed by atoms with Gasteiger partial charge in [0, 0.05) is 24.4 Å². The summed E-state index contributed by atoms with van der Waals surface area (Å²) >= 11 is 5.97. The van der Waals surface area contributed by atoms with Gasteiger partial charge in [0.1, 0.15) is 6.33 Å². The molecule has 2 aromatic heterocycles. The van der Waals surface area contributed by atoms with Crippen molar-refractivity contribution in [2.24, 2.45) is 5.92 Å². The van der Waals surface area contributed by atoms with Crippen molar-refractivity contribution in [2.45, 2.75) is 24.9 Å². The summed E-state index contributed by atoms with van der Waals surface area (Å²) in [5.41, 5.74) is 1.77. The molecule has 1 fully saturated rings. The molecule has 0 radical (unpaired) electrons. The van der Waals surface area contributed by atoms with Crippen molar-refractivity contribution < 1.29 is 13.2 Å². The van der Waals surface area contributed by atoms with Gasteiger partial charge in [-0.25, -0.2) is 9.97 Å². The molecule has 1 aliphatic carbocycles. The van der Waals surface area contributed by atoms with Crippen LogP contribution in [-0.4, -0.2) is 26.3 Å². The Kier molecular flexibility index (Phi) is 3.52. The van der Waals surface area contributed by atoms with Gasteiger partial charge in [0.15, 0.2) is 5.15 Å². The van der Waals surface area contributed by atoms with Gasteiger partial charge in [-0.15, -0.1) is 10.2 Å². The van der Waals surface area contributed by atoms with E-state index in [1.54, 1.807) is 18.5 Å². The van der Waals surface area contributed by atoms with Crippen LogP contribution in [0.25, 0.3) is 11.3 Å². The van der Waals surface area contributed by atoms with E-state index in [9.17, 15) is 13.2 Å². The number of alkyl halides is 3. The van der Waals surface area contributed by atoms with Crippen LogP contribution in [0.1, 0.15) is 24.3 Å². The molecular weight excluding hydrogens is 305 g/mol. The zero-order valence-corrected chi connectivity index (χ0v) is 11.4. The van der Waals surface area contributed by atoms with E-state index >= 15 is 0 Å². The van der Waals surface area contributed by atoms with Crippen molar-refractivity contribution in [1.82, 2.24) is 20.2 Å². The molecule has 1 aliphatic rings. The zero-order chi connectivity index (χ0) is 15.0. The Morgan fingerprint density at radius 2 is 1.90 bits per heavy atom. The highest BCUT2D eigenvalue weighted by Gasteiger charge is 2.46. The predicted octanol–water partition coefficient (Wildman–Crippen LogP) is 3.64. The van der Waals surface area contributed by atoms with E-state index in [0.717, 1.165) is 0 Å². The molecule has 4 nitrogen and oxygen atoms in total. The Bertz CT molecular complexity index is 648. The van der Waals surface area contributed by atoms with Crippen LogP contribution in [0.3, 0.4) is 0 Å². The fourth-order valence-electron chi connectivity index (χ4n) is 2.38. The number of nitrogens with zero attached hydrogens (tertiary/aromatic N) is 4. The van der Waals surface area contributed by atoms with Crippen LogP contribution in [-0.2, 0) is 0 Å². The summed E-state index contributed by atoms with van der Waals surface area (Å²) in [6, 6.07) is 1.68. The third-order valence-corrected chi connectivity index (χ3v) is 3.74. The first-order valence-corrected chi connectivity index (χ1v) is 6.67. The molecule has 0 saturated heterocycles. The molecule has 0 amide bonds. The molecule has 2 aromatic rings. The molecule has 0 aromatic carbocycles. The normalized spacial score (nSPS) is 21.3. The average molecular weight is 315 g/mol. The third kappa shape index (κ3) is 3.29. The number of aromatic nitrogens is 4. The lowest BCUT2D eigenvalue weighted by molar-refractivity contribution is -0.138. The maximum absolute atomic E-state index is 12.4. The van der Waals surface area contributed by atoms with Crippen molar-refractivity contribution in [3.8, 4) is 11.3 Å². The Labute approximate surface area is 123 Å². The minimum atomic E-state index is -4.15. The standard InChI is InChI=1S/C13H10ClF3N4/c14-12-10(9-1-7(9)3-13(15,16)17)2-11(20-21-12)8-4-18-6-19-5-8/h2,4-7,9H,1,3H2/t7-,9+/m1/s1. The lowest BCUT2D eigenvalue weighted by atomic mass is 10.1. The van der Waals surface area contributed by atoms with E-state index in [-0.39, 0.29) is 11.1 Å². The van der Waals surface area contributed by atoms with E-state index in [1.807, 2.05) is 0 Å². The van der Waals surface area contributed by atoms with Crippen LogP contribution in [0.2, 0.25) is 5.15 Å². The largest absolute Gasteiger partial charge is 0.389 e. The summed E-state index contributed by atoms with van der Waals surface area (Å²) in [5.74, 6) is -0.635. The van der Waals surface area contributed by atoms with Crippen LogP contribution in [0.15, 0.2) is 24.8 Å². The van der Waals surface area contributed by atoms with Crippen LogP contribution in [0, 0.1) is 5.92 Å². The molecule has 3 rings (SSSR count). The first-order valence-electron chi connectivity index (χ1n) is 6.29. The smallest absolute Gasteiger partial charge is 0.244 e. The lowest BCUT2D eigenvalue weighted by Gasteiger charge is -2.07. The molecule has 21 heavy (non-hydrogen) atoms. The van der Waals surface area contributed by atoms with Gasteiger partial charge in [-0.1, -0.05) is 11.6 Å². The van der Waals surface area contributed by atoms with Gasteiger partial charge in [0.2, 0.25) is 0 Å². The number of hydrogen-bond donors (Lipinski definition) is 0. The van der Waals surface area contributed by atoms with Crippen molar-refractivity contribution >= 4 is 11.6 Å². The van der Waals surface area contributed by atoms with E-state index < -0.39 is 18.5 Å². The molecule has 1 saturated carbocycles. The first-order chi connectivity index (χ1) is 9.94. The van der Waals surface area contributed by atoms with Gasteiger partial charge in [-0.2, -0.15) is 13.2 Å². The van der Waals surface area contributed by atoms with E-state index in [0.29, 0.717) is 23.2 Å². The zero-order valence-electron chi connectivity index (χ0n) is 10.7. The Morgan fingerprint density at radius 1 is 1.19 bits per heavy atom. The topological polar surface area (TPSA) is 51.6 Å². The fraction of sp³-hybridized carbons (Fsp3) is 0.385. The summed E-state index contributed by atoms with van der Waals surface area (Å²) in [7, 11) is 0. The summed E-state index contributed by atoms with van der Waals surface area (Å²) in [4.78, 5) is 7.75. The molecule has 110 valence electrons. The van der Waals surface area contributed by atoms with Crippen LogP contribution in [0.5, 0.6) is 0 Å². The quantitative estimate of drug-likeness (QED) is 0.868. The van der Waals surface area contributed by atoms with Crippen LogP contribution in [0.4, 0.5) is 13.2 Å². The molecule has 0 N–H and O–H groups in total. The second-order valence-electron chi connectivity index (χ2n) is 5.02. The molecule has 0 spiro atoms. The highest BCUT2D eigenvalue weighted by Crippen LogP contribution is 2.54. The molecule has 0 bridgehead atoms. The molecule has 2 atom stereocenters. The minimum absolute atomic E-state index is 0.158. The number of rotatable bonds is 3. The first kappa shape index (κ1) is 14.2. The van der Waals surface area contributed by atoms with Gasteiger partial charge in [-0.05, 0) is 29.9 Å². The van der Waals surface area contributed by atoms with Crippen molar-refractivity contribution in [3.05, 3.63) is 35.5 Å². The van der Waals surface area contributed by atoms with E-state index in [4.69, 9.17) is 11.6 Å². The highest BCUT2D eigenvalue weighted by atomic mass is 35.5. The van der Waals surface area contributed by atoms with Crippen molar-refractivity contribution in [2.75, 3.05) is 0 Å². The summed E-state index contributed by atoms with van der Waals surface area (Å²) in [6.45, 7) is 0. The second-order valence-corrected chi connectivity index (χ2v) is 5.38. The maximum Gasteiger partial charge on any atom is 0.389 e. The van der Waals surface area contributed by atoms with Crippen LogP contribution >= 0.6 is 11.6 Å². The summed E-state index contributed by atoms with van der Waals surface area (Å²) < 4.78 is 37.2. The van der Waals surface area contributed by atoms with Gasteiger partial charge >= 0.3 is 6.18 Å². The Balaban J connectivity index is 1.84. The number of halogens is 4. The molecule has 0 unspecified atom stereocenters. The highest BCUT2D eigenvalue weighted by molar-refractivity contribution is 6.30. The van der Waals surface area contributed by atoms with Gasteiger partial charge in [-0.3, -0.25) is 0 Å². The monoisotopic (exact) mass is 314 g/mol. The lowest BCUT2D eigenvalue weighted by Crippen LogP contribution is -2.08. The minimum Gasteiger partial charge on any atom is -0.244 e. The Morgan fingerprint density at radius 3 is 2.57 bits per heavy atom. The van der Waals surface area contributed by atoms with Gasteiger partial charge in [0.25, 0.3) is 0 Å². The maximum atomic E-state index is 12.4.